The Hall–Kier alpha value is -2.63. The summed E-state index contributed by atoms with van der Waals surface area (Å²) < 4.78 is 5.17. The summed E-state index contributed by atoms with van der Waals surface area (Å²) in [4.78, 5) is 31.8. The number of hydrogen-bond acceptors (Lipinski definition) is 7. The van der Waals surface area contributed by atoms with Gasteiger partial charge in [-0.2, -0.15) is 10.2 Å². The van der Waals surface area contributed by atoms with E-state index in [4.69, 9.17) is 16.0 Å². The highest BCUT2D eigenvalue weighted by molar-refractivity contribution is 6.31. The predicted octanol–water partition coefficient (Wildman–Crippen LogP) is 4.19. The number of fused-ring (bicyclic) bond motifs is 1. The van der Waals surface area contributed by atoms with Crippen LogP contribution < -0.4 is 16.4 Å². The molecule has 8 nitrogen and oxygen atoms in total. The molecule has 0 bridgehead atoms. The number of piperidine rings is 1. The Bertz CT molecular complexity index is 1100. The van der Waals surface area contributed by atoms with Gasteiger partial charge in [0.1, 0.15) is 23.0 Å². The average molecular weight is 476 g/mol. The van der Waals surface area contributed by atoms with Gasteiger partial charge in [0.05, 0.1) is 11.5 Å². The van der Waals surface area contributed by atoms with Crippen molar-refractivity contribution < 1.29 is 10.6 Å². The normalized spacial score (nSPS) is 17.3. The molecule has 33 heavy (non-hydrogen) atoms. The minimum Gasteiger partial charge on any atom is -0.408 e. The zero-order chi connectivity index (χ0) is 24.2. The lowest BCUT2D eigenvalue weighted by Gasteiger charge is -2.39. The Morgan fingerprint density at radius 3 is 2.70 bits per heavy atom. The van der Waals surface area contributed by atoms with E-state index in [0.29, 0.717) is 29.7 Å². The van der Waals surface area contributed by atoms with E-state index in [1.165, 1.54) is 0 Å². The summed E-state index contributed by atoms with van der Waals surface area (Å²) in [5.41, 5.74) is -0.813. The first-order valence-corrected chi connectivity index (χ1v) is 11.7. The maximum absolute atomic E-state index is 13.5. The molecular weight excluding hydrogens is 442 g/mol. The third-order valence-corrected chi connectivity index (χ3v) is 6.10. The van der Waals surface area contributed by atoms with Gasteiger partial charge in [-0.05, 0) is 49.8 Å². The number of amides is 1. The fraction of sp³-hybridized carbons (Fsp3) is 0.583. The van der Waals surface area contributed by atoms with Crippen LogP contribution in [-0.2, 0) is 4.79 Å². The van der Waals surface area contributed by atoms with Gasteiger partial charge in [-0.25, -0.2) is 4.79 Å². The van der Waals surface area contributed by atoms with Crippen LogP contribution in [0.4, 0.5) is 5.82 Å². The number of carbonyl (C=O) groups excluding carboxylic acids is 1. The molecule has 1 atom stereocenters. The second-order valence-electron chi connectivity index (χ2n) is 9.96. The number of nitrogens with one attached hydrogen (secondary N) is 2. The number of hydrogen-bond donors (Lipinski definition) is 2. The van der Waals surface area contributed by atoms with Crippen LogP contribution in [0.2, 0.25) is 5.02 Å². The van der Waals surface area contributed by atoms with Crippen molar-refractivity contribution in [3.05, 3.63) is 33.8 Å². The molecule has 1 aromatic heterocycles. The van der Waals surface area contributed by atoms with Gasteiger partial charge >= 0.3 is 5.76 Å². The van der Waals surface area contributed by atoms with Crippen LogP contribution in [0.1, 0.15) is 54.8 Å². The topological polar surface area (TPSA) is 111 Å². The van der Waals surface area contributed by atoms with E-state index in [1.807, 2.05) is 20.8 Å². The number of anilines is 1. The maximum Gasteiger partial charge on any atom is 0.441 e. The number of rotatable bonds is 7. The molecule has 1 aliphatic heterocycles. The lowest BCUT2D eigenvalue weighted by atomic mass is 9.85. The SMILES string of the molecule is CCCN1CCC(C#N)(NC(=O)[C@H](CC(C)(C)C)Nc2nc(=O)oc3cc(Cl)ccc23)CC1.[HH]. The molecule has 1 saturated heterocycles. The van der Waals surface area contributed by atoms with Crippen LogP contribution in [0, 0.1) is 16.7 Å². The Labute approximate surface area is 200 Å². The van der Waals surface area contributed by atoms with Gasteiger partial charge in [-0.1, -0.05) is 39.3 Å². The van der Waals surface area contributed by atoms with Crippen molar-refractivity contribution in [1.29, 1.82) is 5.26 Å². The Kier molecular flexibility index (Phi) is 7.65. The van der Waals surface area contributed by atoms with Gasteiger partial charge in [-0.3, -0.25) is 4.79 Å². The second kappa shape index (κ2) is 10.1. The number of nitrogens with zero attached hydrogens (tertiary/aromatic N) is 3. The van der Waals surface area contributed by atoms with Crippen LogP contribution in [0.15, 0.2) is 27.4 Å². The molecule has 3 rings (SSSR count). The molecule has 1 amide bonds. The molecule has 180 valence electrons. The van der Waals surface area contributed by atoms with Crippen molar-refractivity contribution in [1.82, 2.24) is 15.2 Å². The van der Waals surface area contributed by atoms with Crippen LogP contribution in [0.3, 0.4) is 0 Å². The zero-order valence-corrected chi connectivity index (χ0v) is 20.5. The van der Waals surface area contributed by atoms with Gasteiger partial charge in [0.15, 0.2) is 0 Å². The van der Waals surface area contributed by atoms with Crippen LogP contribution in [0.5, 0.6) is 0 Å². The largest absolute Gasteiger partial charge is 0.441 e. The first kappa shape index (κ1) is 25.0. The van der Waals surface area contributed by atoms with Crippen molar-refractivity contribution in [3.63, 3.8) is 0 Å². The lowest BCUT2D eigenvalue weighted by molar-refractivity contribution is -0.124. The van der Waals surface area contributed by atoms with Gasteiger partial charge in [0.2, 0.25) is 5.91 Å². The molecule has 0 unspecified atom stereocenters. The summed E-state index contributed by atoms with van der Waals surface area (Å²) in [6, 6.07) is 6.57. The monoisotopic (exact) mass is 475 g/mol. The summed E-state index contributed by atoms with van der Waals surface area (Å²) in [7, 11) is 0. The van der Waals surface area contributed by atoms with Crippen molar-refractivity contribution in [3.8, 4) is 6.07 Å². The summed E-state index contributed by atoms with van der Waals surface area (Å²) in [5.74, 6) is -0.808. The van der Waals surface area contributed by atoms with E-state index in [2.05, 4.69) is 33.5 Å². The molecule has 0 spiro atoms. The van der Waals surface area contributed by atoms with Crippen molar-refractivity contribution in [2.45, 2.75) is 65.0 Å². The molecule has 2 N–H and O–H groups in total. The van der Waals surface area contributed by atoms with E-state index in [9.17, 15) is 14.9 Å². The predicted molar refractivity (Wildman–Crippen MR) is 131 cm³/mol. The zero-order valence-electron chi connectivity index (χ0n) is 19.7. The first-order valence-electron chi connectivity index (χ1n) is 11.4. The third-order valence-electron chi connectivity index (χ3n) is 5.87. The maximum atomic E-state index is 13.5. The highest BCUT2D eigenvalue weighted by Gasteiger charge is 2.38. The summed E-state index contributed by atoms with van der Waals surface area (Å²) >= 11 is 6.04. The molecule has 2 aromatic rings. The molecule has 1 aliphatic rings. The fourth-order valence-electron chi connectivity index (χ4n) is 4.20. The molecule has 9 heteroatoms. The average Bonchev–Trinajstić information content (AvgIpc) is 2.73. The summed E-state index contributed by atoms with van der Waals surface area (Å²) in [6.07, 6.45) is 2.68. The standard InChI is InChI=1S/C24H32ClN5O3.H2/c1-5-10-30-11-8-24(15-26,9-12-30)29-21(31)18(14-23(2,3)4)27-20-17-7-6-16(25)13-19(17)33-22(32)28-20;/h6-7,13,18H,5,8-12,14H2,1-4H3,(H,29,31)(H,27,28,32);1H/t18-;/m0./s1. The molecule has 1 fully saturated rings. The van der Waals surface area contributed by atoms with Crippen molar-refractivity contribution in [2.24, 2.45) is 5.41 Å². The third kappa shape index (κ3) is 6.46. The summed E-state index contributed by atoms with van der Waals surface area (Å²) in [6.45, 7) is 10.8. The molecule has 0 saturated carbocycles. The van der Waals surface area contributed by atoms with E-state index >= 15 is 0 Å². The van der Waals surface area contributed by atoms with Gasteiger partial charge < -0.3 is 20.0 Å². The van der Waals surface area contributed by atoms with E-state index < -0.39 is 17.3 Å². The molecule has 0 aliphatic carbocycles. The van der Waals surface area contributed by atoms with Crippen LogP contribution in [-0.4, -0.2) is 47.0 Å². The smallest absolute Gasteiger partial charge is 0.408 e. The molecule has 1 aromatic carbocycles. The minimum atomic E-state index is -0.905. The number of carbonyl (C=O) groups is 1. The lowest BCUT2D eigenvalue weighted by Crippen LogP contribution is -2.57. The molecule has 0 radical (unpaired) electrons. The minimum absolute atomic E-state index is 0. The molecule has 2 heterocycles. The number of likely N-dealkylation sites (tertiary alicyclic amines) is 1. The van der Waals surface area contributed by atoms with Crippen molar-refractivity contribution in [2.75, 3.05) is 25.0 Å². The van der Waals surface area contributed by atoms with Crippen LogP contribution in [0.25, 0.3) is 11.0 Å². The highest BCUT2D eigenvalue weighted by atomic mass is 35.5. The Morgan fingerprint density at radius 2 is 2.09 bits per heavy atom. The van der Waals surface area contributed by atoms with Crippen LogP contribution >= 0.6 is 11.6 Å². The van der Waals surface area contributed by atoms with E-state index in [1.54, 1.807) is 18.2 Å². The van der Waals surface area contributed by atoms with E-state index in [0.717, 1.165) is 26.1 Å². The number of aromatic nitrogens is 1. The summed E-state index contributed by atoms with van der Waals surface area (Å²) in [5, 5.41) is 17.1. The van der Waals surface area contributed by atoms with Gasteiger partial charge in [0.25, 0.3) is 0 Å². The van der Waals surface area contributed by atoms with E-state index in [-0.39, 0.29) is 24.1 Å². The number of benzene rings is 1. The fourth-order valence-corrected chi connectivity index (χ4v) is 4.37. The quantitative estimate of drug-likeness (QED) is 0.617. The first-order chi connectivity index (χ1) is 15.5. The van der Waals surface area contributed by atoms with Gasteiger partial charge in [-0.15, -0.1) is 0 Å². The molecular formula is C24H34ClN5O3. The highest BCUT2D eigenvalue weighted by Crippen LogP contribution is 2.28. The number of nitriles is 1. The second-order valence-corrected chi connectivity index (χ2v) is 10.4. The number of halogens is 1. The Morgan fingerprint density at radius 1 is 1.39 bits per heavy atom. The van der Waals surface area contributed by atoms with Gasteiger partial charge in [0, 0.05) is 25.6 Å². The van der Waals surface area contributed by atoms with Crippen molar-refractivity contribution >= 4 is 34.3 Å². The Balaban J connectivity index is 0.00000408.